The largest absolute Gasteiger partial charge is 0.497 e. The first kappa shape index (κ1) is 13.8. The van der Waals surface area contributed by atoms with Gasteiger partial charge in [-0.2, -0.15) is 5.10 Å². The highest BCUT2D eigenvalue weighted by Crippen LogP contribution is 2.32. The highest BCUT2D eigenvalue weighted by atomic mass is 16.5. The van der Waals surface area contributed by atoms with E-state index in [2.05, 4.69) is 47.2 Å². The second-order valence-electron chi connectivity index (χ2n) is 5.80. The fourth-order valence-electron chi connectivity index (χ4n) is 2.88. The smallest absolute Gasteiger partial charge is 0.119 e. The number of nitrogens with one attached hydrogen (secondary N) is 1. The lowest BCUT2D eigenvalue weighted by molar-refractivity contribution is 0.415. The van der Waals surface area contributed by atoms with E-state index in [1.54, 1.807) is 7.11 Å². The lowest BCUT2D eigenvalue weighted by Gasteiger charge is -2.04. The Bertz CT molecular complexity index is 1030. The predicted molar refractivity (Wildman–Crippen MR) is 92.9 cm³/mol. The van der Waals surface area contributed by atoms with Crippen molar-refractivity contribution in [3.63, 3.8) is 0 Å². The van der Waals surface area contributed by atoms with E-state index in [9.17, 15) is 0 Å². The van der Waals surface area contributed by atoms with Crippen LogP contribution in [-0.2, 0) is 0 Å². The van der Waals surface area contributed by atoms with Gasteiger partial charge in [0.15, 0.2) is 0 Å². The van der Waals surface area contributed by atoms with Gasteiger partial charge in [0.2, 0.25) is 0 Å². The van der Waals surface area contributed by atoms with E-state index in [4.69, 9.17) is 4.74 Å². The third kappa shape index (κ3) is 2.14. The van der Waals surface area contributed by atoms with Crippen LogP contribution in [0.3, 0.4) is 0 Å². The summed E-state index contributed by atoms with van der Waals surface area (Å²) in [5.74, 6) is 0.814. The molecule has 0 aliphatic heterocycles. The van der Waals surface area contributed by atoms with Crippen molar-refractivity contribution < 1.29 is 4.74 Å². The standard InChI is InChI=1S/C19H17N3O/c1-11-4-5-13(8-12(11)2)18-16-10-20-17-7-6-14(23-3)9-15(17)19(16)22-21-18/h4-10H,1-3H3,(H,21,22). The summed E-state index contributed by atoms with van der Waals surface area (Å²) in [6.07, 6.45) is 1.89. The molecule has 0 spiro atoms. The summed E-state index contributed by atoms with van der Waals surface area (Å²) in [5, 5.41) is 9.75. The molecule has 0 amide bonds. The van der Waals surface area contributed by atoms with Gasteiger partial charge in [0, 0.05) is 22.5 Å². The molecule has 23 heavy (non-hydrogen) atoms. The van der Waals surface area contributed by atoms with Crippen LogP contribution in [-0.4, -0.2) is 22.3 Å². The minimum Gasteiger partial charge on any atom is -0.497 e. The number of aromatic amines is 1. The molecule has 0 unspecified atom stereocenters. The van der Waals surface area contributed by atoms with Crippen molar-refractivity contribution in [2.24, 2.45) is 0 Å². The van der Waals surface area contributed by atoms with E-state index in [0.717, 1.165) is 38.8 Å². The van der Waals surface area contributed by atoms with Crippen LogP contribution in [0.4, 0.5) is 0 Å². The summed E-state index contributed by atoms with van der Waals surface area (Å²) in [7, 11) is 1.67. The Balaban J connectivity index is 1.99. The van der Waals surface area contributed by atoms with Crippen molar-refractivity contribution in [2.45, 2.75) is 13.8 Å². The Kier molecular flexibility index (Phi) is 3.05. The Morgan fingerprint density at radius 2 is 1.83 bits per heavy atom. The van der Waals surface area contributed by atoms with E-state index in [1.165, 1.54) is 11.1 Å². The zero-order valence-corrected chi connectivity index (χ0v) is 13.3. The number of benzene rings is 2. The van der Waals surface area contributed by atoms with Gasteiger partial charge >= 0.3 is 0 Å². The SMILES string of the molecule is COc1ccc2ncc3c(-c4ccc(C)c(C)c4)n[nH]c3c2c1. The summed E-state index contributed by atoms with van der Waals surface area (Å²) in [5.41, 5.74) is 6.48. The van der Waals surface area contributed by atoms with Gasteiger partial charge in [-0.25, -0.2) is 0 Å². The topological polar surface area (TPSA) is 50.8 Å². The third-order valence-electron chi connectivity index (χ3n) is 4.39. The number of ether oxygens (including phenoxy) is 1. The summed E-state index contributed by atoms with van der Waals surface area (Å²) >= 11 is 0. The summed E-state index contributed by atoms with van der Waals surface area (Å²) in [4.78, 5) is 4.57. The molecule has 0 atom stereocenters. The van der Waals surface area contributed by atoms with Gasteiger partial charge in [-0.3, -0.25) is 10.1 Å². The number of H-pyrrole nitrogens is 1. The molecule has 2 aromatic carbocycles. The number of aryl methyl sites for hydroxylation is 2. The van der Waals surface area contributed by atoms with E-state index >= 15 is 0 Å². The number of aromatic nitrogens is 3. The van der Waals surface area contributed by atoms with Crippen molar-refractivity contribution in [3.8, 4) is 17.0 Å². The number of hydrogen-bond acceptors (Lipinski definition) is 3. The average molecular weight is 303 g/mol. The van der Waals surface area contributed by atoms with Gasteiger partial charge < -0.3 is 4.74 Å². The minimum atomic E-state index is 0.814. The van der Waals surface area contributed by atoms with E-state index in [-0.39, 0.29) is 0 Å². The monoisotopic (exact) mass is 303 g/mol. The molecule has 2 aromatic heterocycles. The maximum atomic E-state index is 5.33. The van der Waals surface area contributed by atoms with Crippen molar-refractivity contribution in [3.05, 3.63) is 53.7 Å². The Hall–Kier alpha value is -2.88. The van der Waals surface area contributed by atoms with E-state index in [0.29, 0.717) is 0 Å². The molecule has 4 rings (SSSR count). The fourth-order valence-corrected chi connectivity index (χ4v) is 2.88. The first-order valence-electron chi connectivity index (χ1n) is 7.56. The van der Waals surface area contributed by atoms with Crippen LogP contribution in [0.2, 0.25) is 0 Å². The van der Waals surface area contributed by atoms with Gasteiger partial charge in [0.25, 0.3) is 0 Å². The summed E-state index contributed by atoms with van der Waals surface area (Å²) in [6.45, 7) is 4.23. The zero-order chi connectivity index (χ0) is 16.0. The van der Waals surface area contributed by atoms with Gasteiger partial charge in [-0.15, -0.1) is 0 Å². The molecule has 0 saturated carbocycles. The highest BCUT2D eigenvalue weighted by molar-refractivity contribution is 6.08. The first-order valence-corrected chi connectivity index (χ1v) is 7.56. The predicted octanol–water partition coefficient (Wildman–Crippen LogP) is 4.40. The molecule has 0 bridgehead atoms. The molecule has 0 fully saturated rings. The van der Waals surface area contributed by atoms with Crippen LogP contribution in [0.15, 0.2) is 42.6 Å². The molecule has 4 aromatic rings. The second-order valence-corrected chi connectivity index (χ2v) is 5.80. The Labute approximate surface area is 134 Å². The van der Waals surface area contributed by atoms with Crippen LogP contribution >= 0.6 is 0 Å². The maximum Gasteiger partial charge on any atom is 0.119 e. The molecule has 0 saturated heterocycles. The normalized spacial score (nSPS) is 11.3. The lowest BCUT2D eigenvalue weighted by atomic mass is 10.0. The quantitative estimate of drug-likeness (QED) is 0.597. The van der Waals surface area contributed by atoms with Crippen LogP contribution in [0, 0.1) is 13.8 Å². The molecule has 0 aliphatic rings. The molecule has 114 valence electrons. The first-order chi connectivity index (χ1) is 11.2. The van der Waals surface area contributed by atoms with Gasteiger partial charge in [0.05, 0.1) is 18.1 Å². The molecule has 0 aliphatic carbocycles. The number of fused-ring (bicyclic) bond motifs is 3. The number of methoxy groups -OCH3 is 1. The third-order valence-corrected chi connectivity index (χ3v) is 4.39. The van der Waals surface area contributed by atoms with Crippen LogP contribution in [0.5, 0.6) is 5.75 Å². The molecular formula is C19H17N3O. The van der Waals surface area contributed by atoms with Crippen molar-refractivity contribution in [2.75, 3.05) is 7.11 Å². The van der Waals surface area contributed by atoms with Crippen LogP contribution in [0.25, 0.3) is 33.1 Å². The van der Waals surface area contributed by atoms with Gasteiger partial charge in [0.1, 0.15) is 11.4 Å². The molecular weight excluding hydrogens is 286 g/mol. The molecule has 4 nitrogen and oxygen atoms in total. The molecule has 2 heterocycles. The van der Waals surface area contributed by atoms with Crippen LogP contribution < -0.4 is 4.74 Å². The molecule has 0 radical (unpaired) electrons. The minimum absolute atomic E-state index is 0.814. The Morgan fingerprint density at radius 1 is 0.957 bits per heavy atom. The number of rotatable bonds is 2. The molecule has 4 heteroatoms. The van der Waals surface area contributed by atoms with Crippen molar-refractivity contribution in [1.82, 2.24) is 15.2 Å². The Morgan fingerprint density at radius 3 is 2.61 bits per heavy atom. The van der Waals surface area contributed by atoms with Gasteiger partial charge in [-0.1, -0.05) is 12.1 Å². The highest BCUT2D eigenvalue weighted by Gasteiger charge is 2.12. The summed E-state index contributed by atoms with van der Waals surface area (Å²) in [6, 6.07) is 12.3. The zero-order valence-electron chi connectivity index (χ0n) is 13.3. The average Bonchev–Trinajstić information content (AvgIpc) is 3.01. The molecule has 1 N–H and O–H groups in total. The number of pyridine rings is 1. The van der Waals surface area contributed by atoms with Crippen molar-refractivity contribution in [1.29, 1.82) is 0 Å². The second kappa shape index (κ2) is 5.09. The van der Waals surface area contributed by atoms with E-state index < -0.39 is 0 Å². The maximum absolute atomic E-state index is 5.33. The van der Waals surface area contributed by atoms with Gasteiger partial charge in [-0.05, 0) is 49.2 Å². The number of hydrogen-bond donors (Lipinski definition) is 1. The fraction of sp³-hybridized carbons (Fsp3) is 0.158. The van der Waals surface area contributed by atoms with Crippen molar-refractivity contribution >= 4 is 21.8 Å². The summed E-state index contributed by atoms with van der Waals surface area (Å²) < 4.78 is 5.33. The van der Waals surface area contributed by atoms with Crippen LogP contribution in [0.1, 0.15) is 11.1 Å². The van der Waals surface area contributed by atoms with E-state index in [1.807, 2.05) is 24.4 Å². The lowest BCUT2D eigenvalue weighted by Crippen LogP contribution is -1.86. The number of nitrogens with zero attached hydrogens (tertiary/aromatic N) is 2.